The van der Waals surface area contributed by atoms with Crippen molar-refractivity contribution in [3.05, 3.63) is 35.4 Å². The summed E-state index contributed by atoms with van der Waals surface area (Å²) in [4.78, 5) is 0. The van der Waals surface area contributed by atoms with Gasteiger partial charge in [-0.1, -0.05) is 24.3 Å². The van der Waals surface area contributed by atoms with Crippen LogP contribution in [0, 0.1) is 0 Å². The third-order valence-corrected chi connectivity index (χ3v) is 4.16. The second-order valence-electron chi connectivity index (χ2n) is 3.63. The molecule has 2 nitrogen and oxygen atoms in total. The van der Waals surface area contributed by atoms with E-state index >= 15 is 0 Å². The molecule has 0 aliphatic heterocycles. The molecule has 0 atom stereocenters. The van der Waals surface area contributed by atoms with Crippen LogP contribution in [0.1, 0.15) is 11.1 Å². The number of hydrogen-bond donors (Lipinski definition) is 0. The molecule has 0 saturated carbocycles. The first kappa shape index (κ1) is 8.75. The highest BCUT2D eigenvalue weighted by atomic mass is 32.2. The van der Waals surface area contributed by atoms with Crippen LogP contribution in [0.15, 0.2) is 24.3 Å². The van der Waals surface area contributed by atoms with Crippen molar-refractivity contribution in [1.29, 1.82) is 0 Å². The van der Waals surface area contributed by atoms with Crippen molar-refractivity contribution in [2.75, 3.05) is 6.26 Å². The van der Waals surface area contributed by atoms with Gasteiger partial charge in [-0.3, -0.25) is 0 Å². The minimum Gasteiger partial charge on any atom is -0.229 e. The molecule has 0 bridgehead atoms. The van der Waals surface area contributed by atoms with Gasteiger partial charge in [-0.2, -0.15) is 0 Å². The van der Waals surface area contributed by atoms with Gasteiger partial charge < -0.3 is 0 Å². The summed E-state index contributed by atoms with van der Waals surface area (Å²) in [6.45, 7) is 0. The van der Waals surface area contributed by atoms with E-state index < -0.39 is 9.84 Å². The molecule has 0 spiro atoms. The van der Waals surface area contributed by atoms with Gasteiger partial charge in [0.2, 0.25) is 0 Å². The van der Waals surface area contributed by atoms with Crippen LogP contribution in [0.25, 0.3) is 0 Å². The largest absolute Gasteiger partial charge is 0.229 e. The molecule has 1 aromatic carbocycles. The van der Waals surface area contributed by atoms with Crippen molar-refractivity contribution in [3.8, 4) is 0 Å². The fraction of sp³-hybridized carbons (Fsp3) is 0.400. The summed E-state index contributed by atoms with van der Waals surface area (Å²) in [6, 6.07) is 7.95. The van der Waals surface area contributed by atoms with Crippen LogP contribution in [-0.4, -0.2) is 19.9 Å². The lowest BCUT2D eigenvalue weighted by Gasteiger charge is -2.04. The predicted molar refractivity (Wildman–Crippen MR) is 52.5 cm³/mol. The van der Waals surface area contributed by atoms with E-state index in [1.165, 1.54) is 17.4 Å². The second-order valence-corrected chi connectivity index (χ2v) is 5.95. The number of rotatable bonds is 1. The monoisotopic (exact) mass is 196 g/mol. The van der Waals surface area contributed by atoms with Crippen molar-refractivity contribution in [2.24, 2.45) is 0 Å². The molecular weight excluding hydrogens is 184 g/mol. The molecular formula is C10H12O2S. The Morgan fingerprint density at radius 2 is 1.62 bits per heavy atom. The molecule has 1 aromatic rings. The Balaban J connectivity index is 2.33. The number of fused-ring (bicyclic) bond motifs is 1. The summed E-state index contributed by atoms with van der Waals surface area (Å²) in [5.41, 5.74) is 2.39. The van der Waals surface area contributed by atoms with Crippen LogP contribution >= 0.6 is 0 Å². The van der Waals surface area contributed by atoms with Gasteiger partial charge in [-0.05, 0) is 24.0 Å². The smallest absolute Gasteiger partial charge is 0.150 e. The number of hydrogen-bond acceptors (Lipinski definition) is 2. The molecule has 0 saturated heterocycles. The van der Waals surface area contributed by atoms with Crippen LogP contribution in [0.3, 0.4) is 0 Å². The molecule has 70 valence electrons. The van der Waals surface area contributed by atoms with E-state index in [0.29, 0.717) is 12.8 Å². The highest BCUT2D eigenvalue weighted by molar-refractivity contribution is 7.91. The second kappa shape index (κ2) is 2.84. The predicted octanol–water partition coefficient (Wildman–Crippen LogP) is 1.20. The van der Waals surface area contributed by atoms with Gasteiger partial charge in [0.15, 0.2) is 9.84 Å². The first-order chi connectivity index (χ1) is 6.07. The Morgan fingerprint density at radius 1 is 1.15 bits per heavy atom. The summed E-state index contributed by atoms with van der Waals surface area (Å²) in [7, 11) is -2.87. The van der Waals surface area contributed by atoms with Crippen LogP contribution < -0.4 is 0 Å². The Hall–Kier alpha value is -0.830. The molecule has 0 radical (unpaired) electrons. The SMILES string of the molecule is CS(=O)(=O)C1Cc2ccccc2C1. The molecule has 2 rings (SSSR count). The molecule has 0 heterocycles. The maximum atomic E-state index is 11.3. The standard InChI is InChI=1S/C10H12O2S/c1-13(11,12)10-6-8-4-2-3-5-9(8)7-10/h2-5,10H,6-7H2,1H3. The van der Waals surface area contributed by atoms with E-state index in [-0.39, 0.29) is 5.25 Å². The van der Waals surface area contributed by atoms with Gasteiger partial charge in [0.05, 0.1) is 5.25 Å². The topological polar surface area (TPSA) is 34.1 Å². The minimum atomic E-state index is -2.87. The maximum Gasteiger partial charge on any atom is 0.150 e. The summed E-state index contributed by atoms with van der Waals surface area (Å²) < 4.78 is 22.6. The quantitative estimate of drug-likeness (QED) is 0.676. The van der Waals surface area contributed by atoms with Gasteiger partial charge >= 0.3 is 0 Å². The zero-order chi connectivity index (χ0) is 9.47. The summed E-state index contributed by atoms with van der Waals surface area (Å²) >= 11 is 0. The highest BCUT2D eigenvalue weighted by Gasteiger charge is 2.28. The van der Waals surface area contributed by atoms with Gasteiger partial charge in [-0.25, -0.2) is 8.42 Å². The lowest BCUT2D eigenvalue weighted by atomic mass is 10.1. The Morgan fingerprint density at radius 3 is 2.00 bits per heavy atom. The van der Waals surface area contributed by atoms with E-state index in [1.54, 1.807) is 0 Å². The molecule has 0 fully saturated rings. The zero-order valence-electron chi connectivity index (χ0n) is 7.53. The van der Waals surface area contributed by atoms with Crippen molar-refractivity contribution >= 4 is 9.84 Å². The fourth-order valence-corrected chi connectivity index (χ4v) is 2.79. The Bertz CT molecular complexity index is 395. The summed E-state index contributed by atoms with van der Waals surface area (Å²) in [6.07, 6.45) is 2.70. The normalized spacial score (nSPS) is 17.3. The Labute approximate surface area is 78.5 Å². The molecule has 0 aromatic heterocycles. The average molecular weight is 196 g/mol. The summed E-state index contributed by atoms with van der Waals surface area (Å²) in [5.74, 6) is 0. The third kappa shape index (κ3) is 1.61. The first-order valence-electron chi connectivity index (χ1n) is 4.33. The van der Waals surface area contributed by atoms with E-state index in [9.17, 15) is 8.42 Å². The van der Waals surface area contributed by atoms with Gasteiger partial charge in [-0.15, -0.1) is 0 Å². The van der Waals surface area contributed by atoms with Crippen LogP contribution in [-0.2, 0) is 22.7 Å². The molecule has 13 heavy (non-hydrogen) atoms. The van der Waals surface area contributed by atoms with Crippen molar-refractivity contribution < 1.29 is 8.42 Å². The third-order valence-electron chi connectivity index (χ3n) is 2.62. The van der Waals surface area contributed by atoms with Crippen molar-refractivity contribution in [2.45, 2.75) is 18.1 Å². The van der Waals surface area contributed by atoms with Crippen molar-refractivity contribution in [1.82, 2.24) is 0 Å². The molecule has 0 N–H and O–H groups in total. The van der Waals surface area contributed by atoms with E-state index in [0.717, 1.165) is 0 Å². The first-order valence-corrected chi connectivity index (χ1v) is 6.28. The fourth-order valence-electron chi connectivity index (χ4n) is 1.82. The van der Waals surface area contributed by atoms with Crippen LogP contribution in [0.4, 0.5) is 0 Å². The maximum absolute atomic E-state index is 11.3. The average Bonchev–Trinajstić information content (AvgIpc) is 2.45. The number of benzene rings is 1. The van der Waals surface area contributed by atoms with Crippen LogP contribution in [0.2, 0.25) is 0 Å². The molecule has 0 unspecified atom stereocenters. The van der Waals surface area contributed by atoms with Crippen molar-refractivity contribution in [3.63, 3.8) is 0 Å². The number of sulfone groups is 1. The van der Waals surface area contributed by atoms with Gasteiger partial charge in [0.1, 0.15) is 0 Å². The van der Waals surface area contributed by atoms with Crippen LogP contribution in [0.5, 0.6) is 0 Å². The van der Waals surface area contributed by atoms with Gasteiger partial charge in [0.25, 0.3) is 0 Å². The molecule has 3 heteroatoms. The summed E-state index contributed by atoms with van der Waals surface area (Å²) in [5, 5.41) is -0.190. The van der Waals surface area contributed by atoms with E-state index in [2.05, 4.69) is 0 Å². The zero-order valence-corrected chi connectivity index (χ0v) is 8.34. The molecule has 1 aliphatic carbocycles. The van der Waals surface area contributed by atoms with Gasteiger partial charge in [0, 0.05) is 6.26 Å². The lowest BCUT2D eigenvalue weighted by molar-refractivity contribution is 0.587. The van der Waals surface area contributed by atoms with E-state index in [4.69, 9.17) is 0 Å². The highest BCUT2D eigenvalue weighted by Crippen LogP contribution is 2.25. The molecule has 0 amide bonds. The Kier molecular flexibility index (Phi) is 1.91. The van der Waals surface area contributed by atoms with E-state index in [1.807, 2.05) is 24.3 Å². The lowest BCUT2D eigenvalue weighted by Crippen LogP contribution is -2.19. The minimum absolute atomic E-state index is 0.190. The molecule has 1 aliphatic rings.